The smallest absolute Gasteiger partial charge is 0.0434 e. The molecule has 0 aromatic heterocycles. The second kappa shape index (κ2) is 6.78. The van der Waals surface area contributed by atoms with Gasteiger partial charge in [0.1, 0.15) is 0 Å². The quantitative estimate of drug-likeness (QED) is 0.548. The van der Waals surface area contributed by atoms with Crippen LogP contribution in [0.5, 0.6) is 0 Å². The van der Waals surface area contributed by atoms with Gasteiger partial charge in [-0.3, -0.25) is 0 Å². The Morgan fingerprint density at radius 3 is 1.70 bits per heavy atom. The predicted molar refractivity (Wildman–Crippen MR) is 41.8 cm³/mol. The Balaban J connectivity index is 3.09. The first-order chi connectivity index (χ1) is 4.81. The van der Waals surface area contributed by atoms with Crippen molar-refractivity contribution < 1.29 is 10.2 Å². The maximum absolute atomic E-state index is 8.45. The molecule has 0 amide bonds. The molecule has 0 saturated heterocycles. The fraction of sp³-hybridized carbons (Fsp3) is 0.750. The minimum atomic E-state index is 0.234. The molecule has 60 valence electrons. The lowest BCUT2D eigenvalue weighted by atomic mass is 10.1. The molecule has 0 bridgehead atoms. The van der Waals surface area contributed by atoms with Crippen LogP contribution in [0.4, 0.5) is 0 Å². The van der Waals surface area contributed by atoms with Gasteiger partial charge in [-0.25, -0.2) is 0 Å². The zero-order valence-electron chi connectivity index (χ0n) is 6.34. The summed E-state index contributed by atoms with van der Waals surface area (Å²) in [6.45, 7) is 4.28. The Kier molecular flexibility index (Phi) is 6.55. The zero-order chi connectivity index (χ0) is 7.82. The fourth-order valence-electron chi connectivity index (χ4n) is 0.783. The lowest BCUT2D eigenvalue weighted by molar-refractivity contribution is 0.282. The van der Waals surface area contributed by atoms with Gasteiger partial charge in [0.25, 0.3) is 0 Å². The molecule has 2 nitrogen and oxygen atoms in total. The Bertz CT molecular complexity index is 79.3. The van der Waals surface area contributed by atoms with E-state index in [-0.39, 0.29) is 13.2 Å². The van der Waals surface area contributed by atoms with Crippen molar-refractivity contribution in [2.45, 2.75) is 25.7 Å². The predicted octanol–water partition coefficient (Wildman–Crippen LogP) is 1.09. The highest BCUT2D eigenvalue weighted by atomic mass is 16.3. The molecular weight excluding hydrogens is 128 g/mol. The van der Waals surface area contributed by atoms with Crippen LogP contribution in [0.1, 0.15) is 25.7 Å². The molecule has 0 atom stereocenters. The highest BCUT2D eigenvalue weighted by Gasteiger charge is 1.92. The largest absolute Gasteiger partial charge is 0.396 e. The van der Waals surface area contributed by atoms with Gasteiger partial charge < -0.3 is 10.2 Å². The van der Waals surface area contributed by atoms with Crippen LogP contribution in [0.2, 0.25) is 0 Å². The van der Waals surface area contributed by atoms with E-state index in [1.165, 1.54) is 0 Å². The Morgan fingerprint density at radius 1 is 1.00 bits per heavy atom. The van der Waals surface area contributed by atoms with Gasteiger partial charge in [-0.1, -0.05) is 12.2 Å². The molecule has 0 rings (SSSR count). The summed E-state index contributed by atoms with van der Waals surface area (Å²) in [5.41, 5.74) is 1.13. The summed E-state index contributed by atoms with van der Waals surface area (Å²) in [7, 11) is 0. The molecule has 0 unspecified atom stereocenters. The highest BCUT2D eigenvalue weighted by molar-refractivity contribution is 4.93. The molecule has 0 spiro atoms. The molecule has 0 fully saturated rings. The average molecular weight is 144 g/mol. The lowest BCUT2D eigenvalue weighted by Crippen LogP contribution is -1.89. The van der Waals surface area contributed by atoms with Crippen LogP contribution >= 0.6 is 0 Å². The van der Waals surface area contributed by atoms with Crippen LogP contribution in [-0.2, 0) is 0 Å². The topological polar surface area (TPSA) is 40.5 Å². The second-order valence-electron chi connectivity index (χ2n) is 2.40. The van der Waals surface area contributed by atoms with Crippen molar-refractivity contribution in [1.82, 2.24) is 0 Å². The van der Waals surface area contributed by atoms with Crippen molar-refractivity contribution in [3.05, 3.63) is 12.2 Å². The molecule has 0 aliphatic rings. The first-order valence-corrected chi connectivity index (χ1v) is 3.69. The first-order valence-electron chi connectivity index (χ1n) is 3.69. The average Bonchev–Trinajstić information content (AvgIpc) is 1.97. The van der Waals surface area contributed by atoms with Crippen LogP contribution in [0, 0.1) is 0 Å². The molecule has 0 saturated carbocycles. The number of rotatable bonds is 6. The van der Waals surface area contributed by atoms with Gasteiger partial charge in [-0.15, -0.1) is 0 Å². The third-order valence-corrected chi connectivity index (χ3v) is 1.38. The number of hydrogen-bond acceptors (Lipinski definition) is 2. The van der Waals surface area contributed by atoms with Crippen molar-refractivity contribution in [3.8, 4) is 0 Å². The van der Waals surface area contributed by atoms with E-state index in [4.69, 9.17) is 10.2 Å². The fourth-order valence-corrected chi connectivity index (χ4v) is 0.783. The highest BCUT2D eigenvalue weighted by Crippen LogP contribution is 2.08. The molecule has 0 heterocycles. The first kappa shape index (κ1) is 9.66. The molecule has 10 heavy (non-hydrogen) atoms. The summed E-state index contributed by atoms with van der Waals surface area (Å²) in [4.78, 5) is 0. The van der Waals surface area contributed by atoms with Gasteiger partial charge in [-0.2, -0.15) is 0 Å². The van der Waals surface area contributed by atoms with Gasteiger partial charge in [0.2, 0.25) is 0 Å². The monoisotopic (exact) mass is 144 g/mol. The number of aliphatic hydroxyl groups excluding tert-OH is 2. The van der Waals surface area contributed by atoms with E-state index in [0.717, 1.165) is 31.3 Å². The van der Waals surface area contributed by atoms with Crippen LogP contribution < -0.4 is 0 Å². The van der Waals surface area contributed by atoms with Crippen LogP contribution in [0.3, 0.4) is 0 Å². The summed E-state index contributed by atoms with van der Waals surface area (Å²) in [5, 5.41) is 16.9. The number of hydrogen-bond donors (Lipinski definition) is 2. The number of aliphatic hydroxyl groups is 2. The van der Waals surface area contributed by atoms with E-state index in [1.54, 1.807) is 0 Å². The summed E-state index contributed by atoms with van der Waals surface area (Å²) in [6, 6.07) is 0. The summed E-state index contributed by atoms with van der Waals surface area (Å²) >= 11 is 0. The van der Waals surface area contributed by atoms with Crippen molar-refractivity contribution >= 4 is 0 Å². The molecule has 2 N–H and O–H groups in total. The Hall–Kier alpha value is -0.340. The van der Waals surface area contributed by atoms with E-state index in [9.17, 15) is 0 Å². The van der Waals surface area contributed by atoms with Crippen molar-refractivity contribution in [2.24, 2.45) is 0 Å². The third-order valence-electron chi connectivity index (χ3n) is 1.38. The SMILES string of the molecule is C=C(CCCO)CCCO. The third kappa shape index (κ3) is 5.79. The normalized spacial score (nSPS) is 9.80. The van der Waals surface area contributed by atoms with Crippen molar-refractivity contribution in [3.63, 3.8) is 0 Å². The molecule has 0 aromatic carbocycles. The van der Waals surface area contributed by atoms with Crippen LogP contribution in [0.15, 0.2) is 12.2 Å². The minimum Gasteiger partial charge on any atom is -0.396 e. The van der Waals surface area contributed by atoms with Crippen LogP contribution in [0.25, 0.3) is 0 Å². The Morgan fingerprint density at radius 2 is 1.40 bits per heavy atom. The van der Waals surface area contributed by atoms with Crippen LogP contribution in [-0.4, -0.2) is 23.4 Å². The van der Waals surface area contributed by atoms with Crippen molar-refractivity contribution in [2.75, 3.05) is 13.2 Å². The van der Waals surface area contributed by atoms with E-state index < -0.39 is 0 Å². The number of allylic oxidation sites excluding steroid dienone is 1. The molecule has 0 radical (unpaired) electrons. The Labute approximate surface area is 62.2 Å². The summed E-state index contributed by atoms with van der Waals surface area (Å²) in [6.07, 6.45) is 3.36. The summed E-state index contributed by atoms with van der Waals surface area (Å²) in [5.74, 6) is 0. The molecule has 0 aliphatic carbocycles. The maximum atomic E-state index is 8.45. The minimum absolute atomic E-state index is 0.234. The maximum Gasteiger partial charge on any atom is 0.0434 e. The summed E-state index contributed by atoms with van der Waals surface area (Å²) < 4.78 is 0. The molecular formula is C8H16O2. The standard InChI is InChI=1S/C8H16O2/c1-8(4-2-6-9)5-3-7-10/h9-10H,1-7H2. The molecule has 0 aromatic rings. The van der Waals surface area contributed by atoms with Gasteiger partial charge in [0.15, 0.2) is 0 Å². The lowest BCUT2D eigenvalue weighted by Gasteiger charge is -2.01. The molecule has 2 heteroatoms. The van der Waals surface area contributed by atoms with E-state index in [0.29, 0.717) is 0 Å². The van der Waals surface area contributed by atoms with Crippen molar-refractivity contribution in [1.29, 1.82) is 0 Å². The van der Waals surface area contributed by atoms with E-state index >= 15 is 0 Å². The van der Waals surface area contributed by atoms with E-state index in [2.05, 4.69) is 6.58 Å². The zero-order valence-corrected chi connectivity index (χ0v) is 6.34. The van der Waals surface area contributed by atoms with E-state index in [1.807, 2.05) is 0 Å². The second-order valence-corrected chi connectivity index (χ2v) is 2.40. The van der Waals surface area contributed by atoms with Gasteiger partial charge in [0.05, 0.1) is 0 Å². The van der Waals surface area contributed by atoms with Gasteiger partial charge >= 0.3 is 0 Å². The van der Waals surface area contributed by atoms with Gasteiger partial charge in [0, 0.05) is 13.2 Å². The molecule has 0 aliphatic heterocycles. The van der Waals surface area contributed by atoms with Gasteiger partial charge in [-0.05, 0) is 25.7 Å².